The molecule has 0 aliphatic carbocycles. The van der Waals surface area contributed by atoms with E-state index in [2.05, 4.69) is 67.7 Å². The van der Waals surface area contributed by atoms with Crippen molar-refractivity contribution < 1.29 is 0 Å². The van der Waals surface area contributed by atoms with Crippen LogP contribution in [0.1, 0.15) is 26.3 Å². The number of rotatable bonds is 5. The van der Waals surface area contributed by atoms with Crippen LogP contribution in [0.15, 0.2) is 59.7 Å². The van der Waals surface area contributed by atoms with Crippen LogP contribution in [-0.2, 0) is 6.42 Å². The quantitative estimate of drug-likeness (QED) is 0.734. The Hall–Kier alpha value is -1.76. The third-order valence-corrected chi connectivity index (χ3v) is 2.86. The second kappa shape index (κ2) is 7.54. The zero-order chi connectivity index (χ0) is 13.4. The standard InChI is InChI=1S/C17H23N/c1-5-7-14(3)12-15(6-2)13-16-8-10-17(18-4)11-9-16/h5-12,18H,13H2,1-4H3/b7-5-,14-12-,15-6-. The molecule has 1 aromatic carbocycles. The summed E-state index contributed by atoms with van der Waals surface area (Å²) in [6.07, 6.45) is 9.61. The molecule has 1 heteroatoms. The molecule has 0 aliphatic heterocycles. The van der Waals surface area contributed by atoms with Crippen molar-refractivity contribution in [3.05, 3.63) is 65.3 Å². The van der Waals surface area contributed by atoms with E-state index in [4.69, 9.17) is 0 Å². The smallest absolute Gasteiger partial charge is 0.0337 e. The fourth-order valence-electron chi connectivity index (χ4n) is 1.86. The van der Waals surface area contributed by atoms with Crippen molar-refractivity contribution >= 4 is 5.69 Å². The van der Waals surface area contributed by atoms with E-state index >= 15 is 0 Å². The molecule has 0 fully saturated rings. The Labute approximate surface area is 111 Å². The van der Waals surface area contributed by atoms with Crippen LogP contribution in [0.5, 0.6) is 0 Å². The summed E-state index contributed by atoms with van der Waals surface area (Å²) in [5.41, 5.74) is 5.13. The summed E-state index contributed by atoms with van der Waals surface area (Å²) in [4.78, 5) is 0. The van der Waals surface area contributed by atoms with Crippen molar-refractivity contribution in [1.82, 2.24) is 0 Å². The number of allylic oxidation sites excluding steroid dienone is 6. The summed E-state index contributed by atoms with van der Waals surface area (Å²) in [5, 5.41) is 3.13. The van der Waals surface area contributed by atoms with Gasteiger partial charge in [0.1, 0.15) is 0 Å². The Morgan fingerprint density at radius 3 is 2.33 bits per heavy atom. The number of benzene rings is 1. The lowest BCUT2D eigenvalue weighted by Gasteiger charge is -2.05. The van der Waals surface area contributed by atoms with Crippen molar-refractivity contribution in [1.29, 1.82) is 0 Å². The Kier molecular flexibility index (Phi) is 5.99. The normalized spacial score (nSPS) is 13.1. The first-order valence-electron chi connectivity index (χ1n) is 6.42. The zero-order valence-electron chi connectivity index (χ0n) is 11.8. The molecule has 0 unspecified atom stereocenters. The van der Waals surface area contributed by atoms with E-state index in [1.807, 2.05) is 14.0 Å². The first-order chi connectivity index (χ1) is 8.69. The Morgan fingerprint density at radius 2 is 1.83 bits per heavy atom. The van der Waals surface area contributed by atoms with E-state index in [9.17, 15) is 0 Å². The minimum atomic E-state index is 0.982. The fourth-order valence-corrected chi connectivity index (χ4v) is 1.86. The summed E-state index contributed by atoms with van der Waals surface area (Å²) < 4.78 is 0. The average Bonchev–Trinajstić information content (AvgIpc) is 2.39. The second-order valence-corrected chi connectivity index (χ2v) is 4.38. The van der Waals surface area contributed by atoms with Gasteiger partial charge in [0, 0.05) is 12.7 Å². The lowest BCUT2D eigenvalue weighted by molar-refractivity contribution is 1.18. The SMILES string of the molecule is C\C=C/C(C)=C\C(=C\C)Cc1ccc(NC)cc1. The third kappa shape index (κ3) is 4.62. The van der Waals surface area contributed by atoms with Crippen molar-refractivity contribution in [2.75, 3.05) is 12.4 Å². The molecule has 1 rings (SSSR count). The third-order valence-electron chi connectivity index (χ3n) is 2.86. The number of hydrogen-bond donors (Lipinski definition) is 1. The Bertz CT molecular complexity index is 447. The van der Waals surface area contributed by atoms with Gasteiger partial charge >= 0.3 is 0 Å². The topological polar surface area (TPSA) is 12.0 Å². The van der Waals surface area contributed by atoms with Gasteiger partial charge in [-0.1, -0.05) is 42.0 Å². The molecule has 96 valence electrons. The second-order valence-electron chi connectivity index (χ2n) is 4.38. The number of nitrogens with one attached hydrogen (secondary N) is 1. The maximum absolute atomic E-state index is 3.13. The monoisotopic (exact) mass is 241 g/mol. The van der Waals surface area contributed by atoms with Gasteiger partial charge in [0.15, 0.2) is 0 Å². The lowest BCUT2D eigenvalue weighted by Crippen LogP contribution is -1.91. The van der Waals surface area contributed by atoms with E-state index in [-0.39, 0.29) is 0 Å². The fraction of sp³-hybridized carbons (Fsp3) is 0.294. The molecule has 0 radical (unpaired) electrons. The van der Waals surface area contributed by atoms with Crippen LogP contribution in [0, 0.1) is 0 Å². The van der Waals surface area contributed by atoms with Gasteiger partial charge < -0.3 is 5.32 Å². The van der Waals surface area contributed by atoms with Crippen LogP contribution in [0.2, 0.25) is 0 Å². The molecular weight excluding hydrogens is 218 g/mol. The molecular formula is C17H23N. The van der Waals surface area contributed by atoms with Gasteiger partial charge in [-0.25, -0.2) is 0 Å². The maximum atomic E-state index is 3.13. The largest absolute Gasteiger partial charge is 0.388 e. The summed E-state index contributed by atoms with van der Waals surface area (Å²) in [6.45, 7) is 6.27. The molecule has 1 aromatic rings. The van der Waals surface area contributed by atoms with E-state index in [1.165, 1.54) is 16.7 Å². The molecule has 0 atom stereocenters. The van der Waals surface area contributed by atoms with Gasteiger partial charge in [0.2, 0.25) is 0 Å². The molecule has 0 saturated carbocycles. The van der Waals surface area contributed by atoms with Gasteiger partial charge in [-0.05, 0) is 50.5 Å². The van der Waals surface area contributed by atoms with Crippen molar-refractivity contribution in [2.45, 2.75) is 27.2 Å². The minimum Gasteiger partial charge on any atom is -0.388 e. The number of anilines is 1. The van der Waals surface area contributed by atoms with Gasteiger partial charge in [-0.3, -0.25) is 0 Å². The molecule has 1 N–H and O–H groups in total. The van der Waals surface area contributed by atoms with Gasteiger partial charge in [-0.15, -0.1) is 0 Å². The highest BCUT2D eigenvalue weighted by Crippen LogP contribution is 2.14. The van der Waals surface area contributed by atoms with E-state index in [0.29, 0.717) is 0 Å². The molecule has 0 spiro atoms. The van der Waals surface area contributed by atoms with Crippen molar-refractivity contribution in [3.63, 3.8) is 0 Å². The van der Waals surface area contributed by atoms with Crippen LogP contribution in [-0.4, -0.2) is 7.05 Å². The highest BCUT2D eigenvalue weighted by atomic mass is 14.8. The summed E-state index contributed by atoms with van der Waals surface area (Å²) in [7, 11) is 1.94. The van der Waals surface area contributed by atoms with Crippen LogP contribution in [0.3, 0.4) is 0 Å². The van der Waals surface area contributed by atoms with Crippen molar-refractivity contribution in [3.8, 4) is 0 Å². The highest BCUT2D eigenvalue weighted by Gasteiger charge is 1.97. The number of hydrogen-bond acceptors (Lipinski definition) is 1. The first kappa shape index (κ1) is 14.3. The summed E-state index contributed by atoms with van der Waals surface area (Å²) in [5.74, 6) is 0. The van der Waals surface area contributed by atoms with Gasteiger partial charge in [0.05, 0.1) is 0 Å². The predicted octanol–water partition coefficient (Wildman–Crippen LogP) is 4.74. The molecule has 0 amide bonds. The first-order valence-corrected chi connectivity index (χ1v) is 6.42. The van der Waals surface area contributed by atoms with Crippen LogP contribution < -0.4 is 5.32 Å². The molecule has 1 nitrogen and oxygen atoms in total. The Balaban J connectivity index is 2.77. The van der Waals surface area contributed by atoms with Gasteiger partial charge in [-0.2, -0.15) is 0 Å². The zero-order valence-corrected chi connectivity index (χ0v) is 11.8. The highest BCUT2D eigenvalue weighted by molar-refractivity contribution is 5.45. The average molecular weight is 241 g/mol. The lowest BCUT2D eigenvalue weighted by atomic mass is 10.0. The molecule has 18 heavy (non-hydrogen) atoms. The summed E-state index contributed by atoms with van der Waals surface area (Å²) in [6, 6.07) is 8.58. The van der Waals surface area contributed by atoms with Crippen LogP contribution in [0.4, 0.5) is 5.69 Å². The van der Waals surface area contributed by atoms with E-state index in [0.717, 1.165) is 12.1 Å². The molecule has 0 heterocycles. The molecule has 0 bridgehead atoms. The van der Waals surface area contributed by atoms with Crippen LogP contribution >= 0.6 is 0 Å². The molecule has 0 aromatic heterocycles. The van der Waals surface area contributed by atoms with E-state index in [1.54, 1.807) is 0 Å². The maximum Gasteiger partial charge on any atom is 0.0337 e. The van der Waals surface area contributed by atoms with Gasteiger partial charge in [0.25, 0.3) is 0 Å². The Morgan fingerprint density at radius 1 is 1.17 bits per heavy atom. The predicted molar refractivity (Wildman–Crippen MR) is 82.0 cm³/mol. The molecule has 0 aliphatic rings. The molecule has 0 saturated heterocycles. The van der Waals surface area contributed by atoms with E-state index < -0.39 is 0 Å². The minimum absolute atomic E-state index is 0.982. The van der Waals surface area contributed by atoms with Crippen LogP contribution in [0.25, 0.3) is 0 Å². The summed E-state index contributed by atoms with van der Waals surface area (Å²) >= 11 is 0. The van der Waals surface area contributed by atoms with Crippen molar-refractivity contribution in [2.24, 2.45) is 0 Å².